The van der Waals surface area contributed by atoms with Crippen LogP contribution in [0.3, 0.4) is 0 Å². The smallest absolute Gasteiger partial charge is 0.138 e. The van der Waals surface area contributed by atoms with Crippen LogP contribution in [0.4, 0.5) is 0 Å². The molecule has 3 aliphatic carbocycles. The highest BCUT2D eigenvalue weighted by atomic mass is 16.3. The van der Waals surface area contributed by atoms with E-state index in [0.29, 0.717) is 29.0 Å². The fourth-order valence-electron chi connectivity index (χ4n) is 6.90. The van der Waals surface area contributed by atoms with E-state index in [1.165, 1.54) is 25.7 Å². The molecular weight excluding hydrogens is 260 g/mol. The Kier molecular flexibility index (Phi) is 3.56. The van der Waals surface area contributed by atoms with Crippen LogP contribution in [-0.2, 0) is 4.79 Å². The maximum atomic E-state index is 12.3. The van der Waals surface area contributed by atoms with Crippen LogP contribution < -0.4 is 0 Å². The minimum absolute atomic E-state index is 0.0305. The van der Waals surface area contributed by atoms with Crippen LogP contribution in [0.2, 0.25) is 0 Å². The van der Waals surface area contributed by atoms with Crippen LogP contribution in [0.15, 0.2) is 0 Å². The van der Waals surface area contributed by atoms with E-state index in [-0.39, 0.29) is 17.9 Å². The van der Waals surface area contributed by atoms with Crippen LogP contribution >= 0.6 is 0 Å². The number of aliphatic hydroxyl groups is 1. The number of rotatable bonds is 1. The second-order valence-electron chi connectivity index (χ2n) is 9.24. The van der Waals surface area contributed by atoms with Gasteiger partial charge in [-0.2, -0.15) is 0 Å². The number of hydrogen-bond donors (Lipinski definition) is 1. The first-order valence-corrected chi connectivity index (χ1v) is 8.89. The van der Waals surface area contributed by atoms with Gasteiger partial charge >= 0.3 is 0 Å². The molecule has 3 aliphatic rings. The van der Waals surface area contributed by atoms with Gasteiger partial charge in [0, 0.05) is 12.3 Å². The van der Waals surface area contributed by atoms with Crippen molar-refractivity contribution in [2.45, 2.75) is 72.6 Å². The first kappa shape index (κ1) is 15.5. The van der Waals surface area contributed by atoms with Crippen LogP contribution in [0.25, 0.3) is 0 Å². The van der Waals surface area contributed by atoms with Gasteiger partial charge in [0.15, 0.2) is 0 Å². The first-order valence-electron chi connectivity index (χ1n) is 8.89. The van der Waals surface area contributed by atoms with Gasteiger partial charge in [-0.15, -0.1) is 0 Å². The summed E-state index contributed by atoms with van der Waals surface area (Å²) >= 11 is 0. The van der Waals surface area contributed by atoms with E-state index in [1.54, 1.807) is 0 Å². The molecular formula is C19H32O2. The highest BCUT2D eigenvalue weighted by molar-refractivity contribution is 5.83. The Labute approximate surface area is 129 Å². The van der Waals surface area contributed by atoms with Gasteiger partial charge in [0.25, 0.3) is 0 Å². The lowest BCUT2D eigenvalue weighted by atomic mass is 9.39. The minimum atomic E-state index is -0.112. The van der Waals surface area contributed by atoms with Crippen molar-refractivity contribution in [1.82, 2.24) is 0 Å². The van der Waals surface area contributed by atoms with Gasteiger partial charge in [-0.25, -0.2) is 0 Å². The molecule has 21 heavy (non-hydrogen) atoms. The molecule has 2 nitrogen and oxygen atoms in total. The Balaban J connectivity index is 2.00. The maximum Gasteiger partial charge on any atom is 0.138 e. The summed E-state index contributed by atoms with van der Waals surface area (Å²) in [5.41, 5.74) is 0.829. The van der Waals surface area contributed by atoms with E-state index in [2.05, 4.69) is 27.7 Å². The Hall–Kier alpha value is -0.370. The van der Waals surface area contributed by atoms with Crippen molar-refractivity contribution in [1.29, 1.82) is 0 Å². The molecule has 3 rings (SSSR count). The van der Waals surface area contributed by atoms with Crippen LogP contribution in [0.5, 0.6) is 0 Å². The summed E-state index contributed by atoms with van der Waals surface area (Å²) in [5, 5.41) is 9.83. The average Bonchev–Trinajstić information content (AvgIpc) is 2.36. The fraction of sp³-hybridized carbons (Fsp3) is 0.947. The molecule has 0 aliphatic heterocycles. The van der Waals surface area contributed by atoms with Crippen molar-refractivity contribution in [3.63, 3.8) is 0 Å². The molecule has 0 amide bonds. The predicted octanol–water partition coefficient (Wildman–Crippen LogP) is 4.21. The minimum Gasteiger partial charge on any atom is -0.396 e. The zero-order chi connectivity index (χ0) is 15.5. The quantitative estimate of drug-likeness (QED) is 0.786. The summed E-state index contributed by atoms with van der Waals surface area (Å²) in [7, 11) is 0. The van der Waals surface area contributed by atoms with E-state index in [1.807, 2.05) is 0 Å². The third-order valence-electron chi connectivity index (χ3n) is 7.89. The highest BCUT2D eigenvalue weighted by Gasteiger charge is 2.61. The number of carbonyl (C=O) groups is 1. The summed E-state index contributed by atoms with van der Waals surface area (Å²) in [6.45, 7) is 9.77. The van der Waals surface area contributed by atoms with Gasteiger partial charge in [0.05, 0.1) is 6.61 Å². The summed E-state index contributed by atoms with van der Waals surface area (Å²) in [6.07, 6.45) is 8.08. The largest absolute Gasteiger partial charge is 0.396 e. The molecule has 1 N–H and O–H groups in total. The van der Waals surface area contributed by atoms with E-state index < -0.39 is 0 Å². The van der Waals surface area contributed by atoms with Crippen LogP contribution in [-0.4, -0.2) is 17.5 Å². The zero-order valence-corrected chi connectivity index (χ0v) is 14.2. The lowest BCUT2D eigenvalue weighted by Crippen LogP contribution is -2.60. The standard InChI is InChI=1S/C19H32O2/c1-17(2)9-5-10-19(4)15(17)8-11-18(3)13(12-20)14(21)6-7-16(18)19/h13,15-16,20H,5-12H2,1-4H3/t13-,15+,16+,18+,19+/m1/s1. The van der Waals surface area contributed by atoms with E-state index in [0.717, 1.165) is 18.8 Å². The summed E-state index contributed by atoms with van der Waals surface area (Å²) in [5.74, 6) is 1.59. The van der Waals surface area contributed by atoms with Crippen molar-refractivity contribution in [2.75, 3.05) is 6.61 Å². The van der Waals surface area contributed by atoms with E-state index in [9.17, 15) is 9.90 Å². The molecule has 0 aromatic carbocycles. The molecule has 0 aromatic heterocycles. The molecule has 3 saturated carbocycles. The number of aliphatic hydroxyl groups excluding tert-OH is 1. The first-order chi connectivity index (χ1) is 9.75. The fourth-order valence-corrected chi connectivity index (χ4v) is 6.90. The molecule has 0 radical (unpaired) electrons. The van der Waals surface area contributed by atoms with E-state index >= 15 is 0 Å². The van der Waals surface area contributed by atoms with Crippen molar-refractivity contribution in [3.05, 3.63) is 0 Å². The molecule has 0 saturated heterocycles. The number of carbonyl (C=O) groups excluding carboxylic acids is 1. The monoisotopic (exact) mass is 292 g/mol. The highest BCUT2D eigenvalue weighted by Crippen LogP contribution is 2.67. The van der Waals surface area contributed by atoms with Crippen molar-refractivity contribution < 1.29 is 9.90 Å². The molecule has 0 unspecified atom stereocenters. The van der Waals surface area contributed by atoms with Gasteiger partial charge in [-0.3, -0.25) is 4.79 Å². The number of Topliss-reactive ketones (excluding diaryl/α,β-unsaturated/α-hetero) is 1. The molecule has 0 aromatic rings. The van der Waals surface area contributed by atoms with Gasteiger partial charge in [0.1, 0.15) is 5.78 Å². The molecule has 2 heteroatoms. The Bertz CT molecular complexity index is 441. The Morgan fingerprint density at radius 1 is 1.00 bits per heavy atom. The Morgan fingerprint density at radius 3 is 2.38 bits per heavy atom. The average molecular weight is 292 g/mol. The molecule has 5 atom stereocenters. The zero-order valence-electron chi connectivity index (χ0n) is 14.2. The second-order valence-corrected chi connectivity index (χ2v) is 9.24. The van der Waals surface area contributed by atoms with Crippen LogP contribution in [0, 0.1) is 34.0 Å². The lowest BCUT2D eigenvalue weighted by Gasteiger charge is -2.65. The summed E-state index contributed by atoms with van der Waals surface area (Å²) < 4.78 is 0. The molecule has 3 fully saturated rings. The molecule has 0 heterocycles. The Morgan fingerprint density at radius 2 is 1.71 bits per heavy atom. The van der Waals surface area contributed by atoms with Crippen LogP contribution in [0.1, 0.15) is 72.6 Å². The number of hydrogen-bond acceptors (Lipinski definition) is 2. The van der Waals surface area contributed by atoms with Gasteiger partial charge in [-0.1, -0.05) is 34.1 Å². The summed E-state index contributed by atoms with van der Waals surface area (Å²) in [4.78, 5) is 12.3. The molecule has 120 valence electrons. The van der Waals surface area contributed by atoms with Gasteiger partial charge < -0.3 is 5.11 Å². The SMILES string of the molecule is CC1(C)CCC[C@]2(C)[C@H]3CCC(=O)[C@@H](CO)[C@]3(C)CC[C@@H]12. The normalized spacial score (nSPS) is 49.4. The maximum absolute atomic E-state index is 12.3. The van der Waals surface area contributed by atoms with Crippen molar-refractivity contribution >= 4 is 5.78 Å². The molecule has 0 bridgehead atoms. The number of fused-ring (bicyclic) bond motifs is 3. The van der Waals surface area contributed by atoms with Crippen molar-refractivity contribution in [2.24, 2.45) is 34.0 Å². The summed E-state index contributed by atoms with van der Waals surface area (Å²) in [6, 6.07) is 0. The number of ketones is 1. The third-order valence-corrected chi connectivity index (χ3v) is 7.89. The molecule has 0 spiro atoms. The second kappa shape index (κ2) is 4.81. The van der Waals surface area contributed by atoms with Crippen molar-refractivity contribution in [3.8, 4) is 0 Å². The van der Waals surface area contributed by atoms with E-state index in [4.69, 9.17) is 0 Å². The third kappa shape index (κ3) is 2.04. The topological polar surface area (TPSA) is 37.3 Å². The van der Waals surface area contributed by atoms with Gasteiger partial charge in [0.2, 0.25) is 0 Å². The lowest BCUT2D eigenvalue weighted by molar-refractivity contribution is -0.175. The van der Waals surface area contributed by atoms with Gasteiger partial charge in [-0.05, 0) is 60.2 Å². The predicted molar refractivity (Wildman–Crippen MR) is 84.9 cm³/mol.